The van der Waals surface area contributed by atoms with Gasteiger partial charge in [0, 0.05) is 19.6 Å². The van der Waals surface area contributed by atoms with Crippen molar-refractivity contribution >= 4 is 0 Å². The predicted octanol–water partition coefficient (Wildman–Crippen LogP) is 6.69. The molecule has 0 unspecified atom stereocenters. The monoisotopic (exact) mass is 413 g/mol. The van der Waals surface area contributed by atoms with E-state index in [2.05, 4.69) is 40.1 Å². The van der Waals surface area contributed by atoms with Gasteiger partial charge in [-0.3, -0.25) is 4.90 Å². The number of nitrogens with zero attached hydrogens (tertiary/aromatic N) is 3. The Kier molecular flexibility index (Phi) is 9.84. The quantitative estimate of drug-likeness (QED) is 0.260. The number of hydrogen-bond acceptors (Lipinski definition) is 3. The van der Waals surface area contributed by atoms with Crippen molar-refractivity contribution < 1.29 is 0 Å². The van der Waals surface area contributed by atoms with Crippen LogP contribution in [0.3, 0.4) is 0 Å². The Bertz CT molecular complexity index is 544. The van der Waals surface area contributed by atoms with Gasteiger partial charge in [-0.25, -0.2) is 0 Å². The molecule has 2 aliphatic heterocycles. The summed E-state index contributed by atoms with van der Waals surface area (Å²) in [5.41, 5.74) is 2.09. The van der Waals surface area contributed by atoms with Gasteiger partial charge in [0.25, 0.3) is 0 Å². The first-order valence-electron chi connectivity index (χ1n) is 13.0. The van der Waals surface area contributed by atoms with E-state index in [-0.39, 0.29) is 0 Å². The molecule has 3 heteroatoms. The minimum absolute atomic E-state index is 0.327. The van der Waals surface area contributed by atoms with Gasteiger partial charge in [-0.15, -0.1) is 0 Å². The van der Waals surface area contributed by atoms with Gasteiger partial charge in [0.15, 0.2) is 0 Å². The molecule has 1 spiro atoms. The zero-order chi connectivity index (χ0) is 21.1. The van der Waals surface area contributed by atoms with Crippen molar-refractivity contribution in [3.63, 3.8) is 0 Å². The van der Waals surface area contributed by atoms with Crippen LogP contribution in [0.5, 0.6) is 0 Å². The largest absolute Gasteiger partial charge is 0.368 e. The third kappa shape index (κ3) is 6.39. The highest BCUT2D eigenvalue weighted by atomic mass is 15.4. The normalized spacial score (nSPS) is 22.2. The molecule has 1 saturated heterocycles. The molecule has 0 aromatic heterocycles. The molecule has 3 rings (SSSR count). The van der Waals surface area contributed by atoms with Gasteiger partial charge >= 0.3 is 0 Å². The Morgan fingerprint density at radius 3 is 2.17 bits per heavy atom. The van der Waals surface area contributed by atoms with Crippen molar-refractivity contribution in [3.05, 3.63) is 37.2 Å². The first-order chi connectivity index (χ1) is 14.8. The SMILES string of the molecule is C=CN1CCN(CCCCCCCCCC2=CCCN(C=C)C23CCCCCC3)C1. The van der Waals surface area contributed by atoms with E-state index in [1.54, 1.807) is 5.57 Å². The van der Waals surface area contributed by atoms with Crippen molar-refractivity contribution in [2.45, 2.75) is 102 Å². The average Bonchev–Trinajstić information content (AvgIpc) is 3.10. The Hall–Kier alpha value is -1.22. The molecule has 170 valence electrons. The minimum atomic E-state index is 0.327. The van der Waals surface area contributed by atoms with Crippen LogP contribution < -0.4 is 0 Å². The van der Waals surface area contributed by atoms with Gasteiger partial charge in [-0.05, 0) is 63.0 Å². The number of hydrogen-bond donors (Lipinski definition) is 0. The smallest absolute Gasteiger partial charge is 0.0702 e. The first kappa shape index (κ1) is 23.4. The van der Waals surface area contributed by atoms with Crippen LogP contribution in [0.1, 0.15) is 96.3 Å². The van der Waals surface area contributed by atoms with E-state index in [4.69, 9.17) is 0 Å². The summed E-state index contributed by atoms with van der Waals surface area (Å²) in [5, 5.41) is 0. The molecule has 0 aromatic rings. The lowest BCUT2D eigenvalue weighted by Gasteiger charge is -2.48. The van der Waals surface area contributed by atoms with Gasteiger partial charge < -0.3 is 9.80 Å². The summed E-state index contributed by atoms with van der Waals surface area (Å²) in [6.07, 6.45) is 27.4. The number of unbranched alkanes of at least 4 members (excludes halogenated alkanes) is 6. The van der Waals surface area contributed by atoms with Gasteiger partial charge in [0.1, 0.15) is 0 Å². The van der Waals surface area contributed by atoms with Crippen molar-refractivity contribution in [1.29, 1.82) is 0 Å². The molecule has 1 aliphatic carbocycles. The van der Waals surface area contributed by atoms with E-state index in [0.717, 1.165) is 13.2 Å². The van der Waals surface area contributed by atoms with Crippen molar-refractivity contribution in [2.24, 2.45) is 0 Å². The summed E-state index contributed by atoms with van der Waals surface area (Å²) in [6, 6.07) is 0. The average molecular weight is 414 g/mol. The summed E-state index contributed by atoms with van der Waals surface area (Å²) >= 11 is 0. The third-order valence-corrected chi connectivity index (χ3v) is 7.82. The molecule has 0 radical (unpaired) electrons. The van der Waals surface area contributed by atoms with Crippen LogP contribution in [0, 0.1) is 0 Å². The highest BCUT2D eigenvalue weighted by molar-refractivity contribution is 5.25. The fourth-order valence-electron chi connectivity index (χ4n) is 6.02. The summed E-state index contributed by atoms with van der Waals surface area (Å²) < 4.78 is 0. The van der Waals surface area contributed by atoms with Crippen molar-refractivity contribution in [3.8, 4) is 0 Å². The molecule has 2 heterocycles. The molecule has 0 atom stereocenters. The summed E-state index contributed by atoms with van der Waals surface area (Å²) in [6.45, 7) is 13.9. The lowest BCUT2D eigenvalue weighted by atomic mass is 9.76. The van der Waals surface area contributed by atoms with E-state index >= 15 is 0 Å². The lowest BCUT2D eigenvalue weighted by Crippen LogP contribution is -2.49. The van der Waals surface area contributed by atoms with Gasteiger partial charge in [0.2, 0.25) is 0 Å². The predicted molar refractivity (Wildman–Crippen MR) is 130 cm³/mol. The maximum Gasteiger partial charge on any atom is 0.0702 e. The van der Waals surface area contributed by atoms with E-state index in [1.807, 2.05) is 6.20 Å². The molecule has 2 fully saturated rings. The zero-order valence-corrected chi connectivity index (χ0v) is 19.6. The molecule has 30 heavy (non-hydrogen) atoms. The molecule has 0 amide bonds. The molecule has 0 bridgehead atoms. The van der Waals surface area contributed by atoms with Crippen LogP contribution in [-0.2, 0) is 0 Å². The maximum absolute atomic E-state index is 4.17. The van der Waals surface area contributed by atoms with Crippen molar-refractivity contribution in [2.75, 3.05) is 32.8 Å². The van der Waals surface area contributed by atoms with Crippen molar-refractivity contribution in [1.82, 2.24) is 14.7 Å². The first-order valence-corrected chi connectivity index (χ1v) is 13.0. The molecule has 0 aromatic carbocycles. The van der Waals surface area contributed by atoms with E-state index < -0.39 is 0 Å². The Balaban J connectivity index is 1.28. The molecular weight excluding hydrogens is 366 g/mol. The Morgan fingerprint density at radius 2 is 1.50 bits per heavy atom. The van der Waals surface area contributed by atoms with Crippen LogP contribution in [0.25, 0.3) is 0 Å². The standard InChI is InChI=1S/C27H47N3/c1-3-28-23-24-29(25-28)21-15-11-7-5-6-8-12-17-26-18-16-22-30(4-2)27(26)19-13-9-10-14-20-27/h3-4,18H,1-2,5-17,19-25H2. The van der Waals surface area contributed by atoms with Crippen LogP contribution in [0.15, 0.2) is 37.2 Å². The molecule has 3 nitrogen and oxygen atoms in total. The molecular formula is C27H47N3. The fraction of sp³-hybridized carbons (Fsp3) is 0.778. The third-order valence-electron chi connectivity index (χ3n) is 7.82. The van der Waals surface area contributed by atoms with Crippen LogP contribution in [-0.4, -0.2) is 53.1 Å². The zero-order valence-electron chi connectivity index (χ0n) is 19.6. The second-order valence-electron chi connectivity index (χ2n) is 9.82. The summed E-state index contributed by atoms with van der Waals surface area (Å²) in [5.74, 6) is 0. The van der Waals surface area contributed by atoms with Gasteiger partial charge in [-0.1, -0.05) is 77.0 Å². The second kappa shape index (κ2) is 12.6. The second-order valence-corrected chi connectivity index (χ2v) is 9.82. The van der Waals surface area contributed by atoms with Gasteiger partial charge in [-0.2, -0.15) is 0 Å². The number of rotatable bonds is 12. The Morgan fingerprint density at radius 1 is 0.800 bits per heavy atom. The van der Waals surface area contributed by atoms with Gasteiger partial charge in [0.05, 0.1) is 12.2 Å². The fourth-order valence-corrected chi connectivity index (χ4v) is 6.02. The molecule has 0 N–H and O–H groups in total. The van der Waals surface area contributed by atoms with Crippen LogP contribution >= 0.6 is 0 Å². The molecule has 3 aliphatic rings. The minimum Gasteiger partial charge on any atom is -0.368 e. The van der Waals surface area contributed by atoms with Crippen LogP contribution in [0.4, 0.5) is 0 Å². The van der Waals surface area contributed by atoms with E-state index in [9.17, 15) is 0 Å². The van der Waals surface area contributed by atoms with E-state index in [0.29, 0.717) is 5.54 Å². The van der Waals surface area contributed by atoms with Crippen LogP contribution in [0.2, 0.25) is 0 Å². The maximum atomic E-state index is 4.17. The highest BCUT2D eigenvalue weighted by Gasteiger charge is 2.39. The highest BCUT2D eigenvalue weighted by Crippen LogP contribution is 2.43. The molecule has 1 saturated carbocycles. The topological polar surface area (TPSA) is 9.72 Å². The summed E-state index contributed by atoms with van der Waals surface area (Å²) in [7, 11) is 0. The summed E-state index contributed by atoms with van der Waals surface area (Å²) in [4.78, 5) is 7.49. The Labute approximate surface area is 186 Å². The van der Waals surface area contributed by atoms with E-state index in [1.165, 1.54) is 116 Å². The lowest BCUT2D eigenvalue weighted by molar-refractivity contribution is 0.147.